The zero-order chi connectivity index (χ0) is 14.0. The maximum Gasteiger partial charge on any atom is 0.242 e. The van der Waals surface area contributed by atoms with Crippen LogP contribution in [0.15, 0.2) is 23.1 Å². The van der Waals surface area contributed by atoms with Gasteiger partial charge in [-0.05, 0) is 24.5 Å². The third-order valence-corrected chi connectivity index (χ3v) is 5.23. The van der Waals surface area contributed by atoms with Crippen LogP contribution < -0.4 is 10.5 Å². The van der Waals surface area contributed by atoms with Crippen LogP contribution >= 0.6 is 23.8 Å². The molecule has 1 fully saturated rings. The maximum absolute atomic E-state index is 12.2. The van der Waals surface area contributed by atoms with E-state index in [1.165, 1.54) is 25.0 Å². The van der Waals surface area contributed by atoms with Gasteiger partial charge in [-0.2, -0.15) is 0 Å². The van der Waals surface area contributed by atoms with E-state index in [2.05, 4.69) is 4.72 Å². The summed E-state index contributed by atoms with van der Waals surface area (Å²) in [6, 6.07) is 4.50. The standard InChI is InChI=1S/C12H15ClN2O2S2/c13-10-4-3-9(12(14)18)7-11(10)19(16,17)15-6-5-8-1-2-8/h3-4,7-8,15H,1-2,5-6H2,(H2,14,18). The van der Waals surface area contributed by atoms with E-state index in [-0.39, 0.29) is 14.9 Å². The molecule has 19 heavy (non-hydrogen) atoms. The van der Waals surface area contributed by atoms with Gasteiger partial charge in [-0.15, -0.1) is 0 Å². The molecule has 0 aliphatic heterocycles. The first kappa shape index (κ1) is 14.7. The van der Waals surface area contributed by atoms with E-state index in [9.17, 15) is 8.42 Å². The Morgan fingerprint density at radius 1 is 1.47 bits per heavy atom. The van der Waals surface area contributed by atoms with Crippen LogP contribution in [0.1, 0.15) is 24.8 Å². The van der Waals surface area contributed by atoms with Gasteiger partial charge in [-0.1, -0.05) is 42.7 Å². The average molecular weight is 319 g/mol. The highest BCUT2D eigenvalue weighted by Gasteiger charge is 2.23. The number of hydrogen-bond acceptors (Lipinski definition) is 3. The molecule has 0 atom stereocenters. The van der Waals surface area contributed by atoms with Crippen molar-refractivity contribution in [2.75, 3.05) is 6.54 Å². The maximum atomic E-state index is 12.2. The SMILES string of the molecule is NC(=S)c1ccc(Cl)c(S(=O)(=O)NCCC2CC2)c1. The molecule has 0 radical (unpaired) electrons. The van der Waals surface area contributed by atoms with Crippen LogP contribution in [0, 0.1) is 5.92 Å². The molecule has 3 N–H and O–H groups in total. The van der Waals surface area contributed by atoms with Gasteiger partial charge in [0.2, 0.25) is 10.0 Å². The molecule has 0 unspecified atom stereocenters. The molecule has 0 saturated heterocycles. The van der Waals surface area contributed by atoms with E-state index in [0.717, 1.165) is 6.42 Å². The molecular weight excluding hydrogens is 304 g/mol. The van der Waals surface area contributed by atoms with Crippen molar-refractivity contribution in [3.63, 3.8) is 0 Å². The molecule has 2 rings (SSSR count). The fourth-order valence-electron chi connectivity index (χ4n) is 1.74. The molecule has 1 aromatic rings. The van der Waals surface area contributed by atoms with E-state index in [4.69, 9.17) is 29.6 Å². The second-order valence-electron chi connectivity index (χ2n) is 4.64. The molecule has 104 valence electrons. The van der Waals surface area contributed by atoms with E-state index < -0.39 is 10.0 Å². The van der Waals surface area contributed by atoms with Crippen LogP contribution in [0.4, 0.5) is 0 Å². The third kappa shape index (κ3) is 3.89. The van der Waals surface area contributed by atoms with Crippen molar-refractivity contribution in [3.05, 3.63) is 28.8 Å². The van der Waals surface area contributed by atoms with Gasteiger partial charge in [0, 0.05) is 12.1 Å². The summed E-state index contributed by atoms with van der Waals surface area (Å²) in [5.41, 5.74) is 5.99. The molecule has 0 spiro atoms. The summed E-state index contributed by atoms with van der Waals surface area (Å²) in [5, 5.41) is 0.166. The van der Waals surface area contributed by atoms with Gasteiger partial charge < -0.3 is 5.73 Å². The molecule has 1 saturated carbocycles. The summed E-state index contributed by atoms with van der Waals surface area (Å²) in [4.78, 5) is 0.168. The van der Waals surface area contributed by atoms with Crippen LogP contribution in [0.3, 0.4) is 0 Å². The van der Waals surface area contributed by atoms with E-state index >= 15 is 0 Å². The van der Waals surface area contributed by atoms with Crippen LogP contribution in [-0.2, 0) is 10.0 Å². The second kappa shape index (κ2) is 5.75. The second-order valence-corrected chi connectivity index (χ2v) is 7.22. The Balaban J connectivity index is 2.17. The lowest BCUT2D eigenvalue weighted by atomic mass is 10.2. The number of benzene rings is 1. The molecule has 4 nitrogen and oxygen atoms in total. The molecule has 7 heteroatoms. The first-order valence-corrected chi connectivity index (χ1v) is 8.26. The summed E-state index contributed by atoms with van der Waals surface area (Å²) in [5.74, 6) is 0.668. The third-order valence-electron chi connectivity index (χ3n) is 3.05. The number of nitrogens with one attached hydrogen (secondary N) is 1. The van der Waals surface area contributed by atoms with Gasteiger partial charge in [0.15, 0.2) is 0 Å². The summed E-state index contributed by atoms with van der Waals surface area (Å²) in [6.45, 7) is 0.431. The quantitative estimate of drug-likeness (QED) is 0.787. The van der Waals surface area contributed by atoms with Gasteiger partial charge in [-0.3, -0.25) is 0 Å². The fourth-order valence-corrected chi connectivity index (χ4v) is 3.44. The van der Waals surface area contributed by atoms with Crippen molar-refractivity contribution < 1.29 is 8.42 Å². The molecule has 1 aliphatic carbocycles. The van der Waals surface area contributed by atoms with Crippen molar-refractivity contribution in [1.29, 1.82) is 0 Å². The fraction of sp³-hybridized carbons (Fsp3) is 0.417. The minimum Gasteiger partial charge on any atom is -0.389 e. The molecular formula is C12H15ClN2O2S2. The molecule has 0 heterocycles. The highest BCUT2D eigenvalue weighted by atomic mass is 35.5. The van der Waals surface area contributed by atoms with Crippen LogP contribution in [0.2, 0.25) is 5.02 Å². The number of sulfonamides is 1. The van der Waals surface area contributed by atoms with Crippen LogP contribution in [-0.4, -0.2) is 20.0 Å². The van der Waals surface area contributed by atoms with Crippen molar-refractivity contribution in [1.82, 2.24) is 4.72 Å². The van der Waals surface area contributed by atoms with E-state index in [0.29, 0.717) is 18.0 Å². The number of thiocarbonyl (C=S) groups is 1. The van der Waals surface area contributed by atoms with Crippen molar-refractivity contribution in [3.8, 4) is 0 Å². The topological polar surface area (TPSA) is 72.2 Å². The first-order valence-electron chi connectivity index (χ1n) is 5.99. The lowest BCUT2D eigenvalue weighted by molar-refractivity contribution is 0.575. The average Bonchev–Trinajstić information content (AvgIpc) is 3.12. The lowest BCUT2D eigenvalue weighted by Crippen LogP contribution is -2.25. The summed E-state index contributed by atoms with van der Waals surface area (Å²) in [6.07, 6.45) is 3.25. The van der Waals surface area contributed by atoms with Gasteiger partial charge in [-0.25, -0.2) is 13.1 Å². The monoisotopic (exact) mass is 318 g/mol. The zero-order valence-corrected chi connectivity index (χ0v) is 12.6. The van der Waals surface area contributed by atoms with E-state index in [1.54, 1.807) is 6.07 Å². The molecule has 1 aliphatic rings. The predicted molar refractivity (Wildman–Crippen MR) is 79.9 cm³/mol. The molecule has 1 aromatic carbocycles. The number of nitrogens with two attached hydrogens (primary N) is 1. The summed E-state index contributed by atoms with van der Waals surface area (Å²) in [7, 11) is -3.61. The Kier molecular flexibility index (Phi) is 4.45. The van der Waals surface area contributed by atoms with Gasteiger partial charge in [0.05, 0.1) is 5.02 Å². The Morgan fingerprint density at radius 2 is 2.16 bits per heavy atom. The minimum atomic E-state index is -3.61. The Morgan fingerprint density at radius 3 is 2.74 bits per heavy atom. The smallest absolute Gasteiger partial charge is 0.242 e. The van der Waals surface area contributed by atoms with Gasteiger partial charge in [0.1, 0.15) is 9.88 Å². The summed E-state index contributed by atoms with van der Waals surface area (Å²) < 4.78 is 26.9. The van der Waals surface area contributed by atoms with Crippen LogP contribution in [0.25, 0.3) is 0 Å². The molecule has 0 aromatic heterocycles. The van der Waals surface area contributed by atoms with Crippen molar-refractivity contribution in [2.24, 2.45) is 11.7 Å². The molecule has 0 amide bonds. The van der Waals surface area contributed by atoms with Crippen molar-refractivity contribution in [2.45, 2.75) is 24.2 Å². The van der Waals surface area contributed by atoms with Crippen molar-refractivity contribution >= 4 is 38.8 Å². The lowest BCUT2D eigenvalue weighted by Gasteiger charge is -2.09. The number of halogens is 1. The number of rotatable bonds is 6. The highest BCUT2D eigenvalue weighted by Crippen LogP contribution is 2.32. The molecule has 0 bridgehead atoms. The number of hydrogen-bond donors (Lipinski definition) is 2. The normalized spacial score (nSPS) is 15.4. The highest BCUT2D eigenvalue weighted by molar-refractivity contribution is 7.89. The largest absolute Gasteiger partial charge is 0.389 e. The van der Waals surface area contributed by atoms with Gasteiger partial charge >= 0.3 is 0 Å². The predicted octanol–water partition coefficient (Wildman–Crippen LogP) is 2.05. The summed E-state index contributed by atoms with van der Waals surface area (Å²) >= 11 is 10.8. The first-order chi connectivity index (χ1) is 8.90. The minimum absolute atomic E-state index is 0.0234. The zero-order valence-electron chi connectivity index (χ0n) is 10.2. The van der Waals surface area contributed by atoms with Gasteiger partial charge in [0.25, 0.3) is 0 Å². The van der Waals surface area contributed by atoms with E-state index in [1.807, 2.05) is 0 Å². The Labute approximate surface area is 123 Å². The van der Waals surface area contributed by atoms with Crippen LogP contribution in [0.5, 0.6) is 0 Å². The Bertz CT molecular complexity index is 598. The Hall–Kier alpha value is -0.690.